The summed E-state index contributed by atoms with van der Waals surface area (Å²) in [6.45, 7) is 7.66. The van der Waals surface area contributed by atoms with Crippen molar-refractivity contribution < 1.29 is 0 Å². The smallest absolute Gasteiger partial charge is 0.0131 e. The molecule has 1 rings (SSSR count). The van der Waals surface area contributed by atoms with Gasteiger partial charge in [0.25, 0.3) is 0 Å². The summed E-state index contributed by atoms with van der Waals surface area (Å²) in [7, 11) is 0. The van der Waals surface area contributed by atoms with Gasteiger partial charge in [0.15, 0.2) is 0 Å². The summed E-state index contributed by atoms with van der Waals surface area (Å²) in [4.78, 5) is 0. The lowest BCUT2D eigenvalue weighted by molar-refractivity contribution is 0.565. The van der Waals surface area contributed by atoms with E-state index in [0.29, 0.717) is 5.92 Å². The Labute approximate surface area is 62.9 Å². The maximum absolute atomic E-state index is 3.94. The van der Waals surface area contributed by atoms with Crippen LogP contribution in [0.3, 0.4) is 0 Å². The van der Waals surface area contributed by atoms with Crippen molar-refractivity contribution in [1.82, 2.24) is 0 Å². The molecule has 0 bridgehead atoms. The van der Waals surface area contributed by atoms with E-state index in [1.165, 1.54) is 18.4 Å². The minimum absolute atomic E-state index is 0.669. The first kappa shape index (κ1) is 7.33. The van der Waals surface area contributed by atoms with Crippen LogP contribution in [0.2, 0.25) is 0 Å². The highest BCUT2D eigenvalue weighted by Gasteiger charge is 2.09. The van der Waals surface area contributed by atoms with Gasteiger partial charge in [0.05, 0.1) is 0 Å². The quantitative estimate of drug-likeness (QED) is 0.402. The summed E-state index contributed by atoms with van der Waals surface area (Å²) in [5, 5.41) is 0. The van der Waals surface area contributed by atoms with E-state index in [4.69, 9.17) is 0 Å². The number of hydrogen-bond acceptors (Lipinski definition) is 0. The van der Waals surface area contributed by atoms with Crippen LogP contribution >= 0.6 is 0 Å². The van der Waals surface area contributed by atoms with E-state index in [9.17, 15) is 0 Å². The molecule has 1 aliphatic rings. The van der Waals surface area contributed by atoms with Gasteiger partial charge in [-0.2, -0.15) is 0 Å². The molecular formula is C10H14. The third kappa shape index (κ3) is 1.60. The second kappa shape index (κ2) is 3.40. The van der Waals surface area contributed by atoms with Gasteiger partial charge in [-0.3, -0.25) is 0 Å². The predicted molar refractivity (Wildman–Crippen MR) is 45.8 cm³/mol. The van der Waals surface area contributed by atoms with Gasteiger partial charge in [-0.05, 0) is 25.2 Å². The molecule has 0 radical (unpaired) electrons. The summed E-state index contributed by atoms with van der Waals surface area (Å²) < 4.78 is 0. The van der Waals surface area contributed by atoms with Crippen LogP contribution in [0.5, 0.6) is 0 Å². The van der Waals surface area contributed by atoms with Crippen LogP contribution in [-0.2, 0) is 0 Å². The Bertz CT molecular complexity index is 163. The first-order valence-corrected chi connectivity index (χ1v) is 3.81. The molecule has 0 aromatic rings. The van der Waals surface area contributed by atoms with Crippen molar-refractivity contribution >= 4 is 0 Å². The minimum atomic E-state index is 0.669. The largest absolute Gasteiger partial charge is 0.0988 e. The van der Waals surface area contributed by atoms with Gasteiger partial charge in [0.2, 0.25) is 0 Å². The zero-order chi connectivity index (χ0) is 7.40. The predicted octanol–water partition coefficient (Wildman–Crippen LogP) is 3.08. The van der Waals surface area contributed by atoms with Gasteiger partial charge in [0.1, 0.15) is 0 Å². The molecule has 1 unspecified atom stereocenters. The second-order valence-electron chi connectivity index (χ2n) is 2.76. The third-order valence-corrected chi connectivity index (χ3v) is 2.06. The van der Waals surface area contributed by atoms with E-state index >= 15 is 0 Å². The molecule has 0 aromatic heterocycles. The van der Waals surface area contributed by atoms with E-state index in [1.807, 2.05) is 6.08 Å². The number of allylic oxidation sites excluding steroid dienone is 4. The molecule has 0 aliphatic heterocycles. The Morgan fingerprint density at radius 1 is 1.50 bits per heavy atom. The van der Waals surface area contributed by atoms with Crippen molar-refractivity contribution in [2.45, 2.75) is 19.3 Å². The average molecular weight is 134 g/mol. The SMILES string of the molecule is C=CC(=C)C1CC=CCC1. The molecule has 0 amide bonds. The maximum atomic E-state index is 3.94. The standard InChI is InChI=1S/C10H14/c1-3-9(2)10-7-5-4-6-8-10/h3-5,10H,1-2,6-8H2. The highest BCUT2D eigenvalue weighted by atomic mass is 14.1. The number of rotatable bonds is 2. The number of hydrogen-bond donors (Lipinski definition) is 0. The van der Waals surface area contributed by atoms with Gasteiger partial charge in [0, 0.05) is 0 Å². The zero-order valence-electron chi connectivity index (χ0n) is 6.34. The average Bonchev–Trinajstić information content (AvgIpc) is 2.05. The summed E-state index contributed by atoms with van der Waals surface area (Å²) in [6.07, 6.45) is 9.98. The highest BCUT2D eigenvalue weighted by molar-refractivity contribution is 5.17. The molecule has 1 aliphatic carbocycles. The van der Waals surface area contributed by atoms with Crippen LogP contribution in [0.1, 0.15) is 19.3 Å². The Morgan fingerprint density at radius 3 is 2.80 bits per heavy atom. The normalized spacial score (nSPS) is 24.2. The summed E-state index contributed by atoms with van der Waals surface area (Å²) >= 11 is 0. The molecular weight excluding hydrogens is 120 g/mol. The van der Waals surface area contributed by atoms with Crippen LogP contribution in [0.15, 0.2) is 37.0 Å². The van der Waals surface area contributed by atoms with Crippen LogP contribution in [0.25, 0.3) is 0 Å². The topological polar surface area (TPSA) is 0 Å². The fourth-order valence-electron chi connectivity index (χ4n) is 1.30. The molecule has 0 nitrogen and oxygen atoms in total. The van der Waals surface area contributed by atoms with Crippen LogP contribution in [-0.4, -0.2) is 0 Å². The molecule has 0 fully saturated rings. The molecule has 0 saturated carbocycles. The Hall–Kier alpha value is -0.780. The lowest BCUT2D eigenvalue weighted by Gasteiger charge is -2.17. The van der Waals surface area contributed by atoms with Crippen molar-refractivity contribution in [1.29, 1.82) is 0 Å². The fourth-order valence-corrected chi connectivity index (χ4v) is 1.30. The lowest BCUT2D eigenvalue weighted by Crippen LogP contribution is -2.02. The first-order chi connectivity index (χ1) is 4.84. The second-order valence-corrected chi connectivity index (χ2v) is 2.76. The zero-order valence-corrected chi connectivity index (χ0v) is 6.34. The van der Waals surface area contributed by atoms with Gasteiger partial charge in [-0.25, -0.2) is 0 Å². The van der Waals surface area contributed by atoms with E-state index < -0.39 is 0 Å². The monoisotopic (exact) mass is 134 g/mol. The minimum Gasteiger partial charge on any atom is -0.0988 e. The van der Waals surface area contributed by atoms with Crippen molar-refractivity contribution in [3.8, 4) is 0 Å². The summed E-state index contributed by atoms with van der Waals surface area (Å²) in [5.74, 6) is 0.669. The maximum Gasteiger partial charge on any atom is -0.0131 e. The molecule has 0 heteroatoms. The lowest BCUT2D eigenvalue weighted by atomic mass is 9.88. The summed E-state index contributed by atoms with van der Waals surface area (Å²) in [6, 6.07) is 0. The van der Waals surface area contributed by atoms with Gasteiger partial charge < -0.3 is 0 Å². The first-order valence-electron chi connectivity index (χ1n) is 3.81. The molecule has 0 saturated heterocycles. The van der Waals surface area contributed by atoms with E-state index in [2.05, 4.69) is 25.3 Å². The molecule has 0 heterocycles. The van der Waals surface area contributed by atoms with Crippen molar-refractivity contribution in [2.75, 3.05) is 0 Å². The van der Waals surface area contributed by atoms with Crippen molar-refractivity contribution in [3.05, 3.63) is 37.0 Å². The van der Waals surface area contributed by atoms with Gasteiger partial charge in [-0.1, -0.05) is 37.0 Å². The van der Waals surface area contributed by atoms with Crippen LogP contribution < -0.4 is 0 Å². The van der Waals surface area contributed by atoms with Crippen LogP contribution in [0, 0.1) is 5.92 Å². The van der Waals surface area contributed by atoms with Gasteiger partial charge in [-0.15, -0.1) is 0 Å². The molecule has 1 atom stereocenters. The molecule has 0 aromatic carbocycles. The van der Waals surface area contributed by atoms with Crippen molar-refractivity contribution in [2.24, 2.45) is 5.92 Å². The van der Waals surface area contributed by atoms with Crippen molar-refractivity contribution in [3.63, 3.8) is 0 Å². The Balaban J connectivity index is 2.49. The van der Waals surface area contributed by atoms with Gasteiger partial charge >= 0.3 is 0 Å². The summed E-state index contributed by atoms with van der Waals surface area (Å²) in [5.41, 5.74) is 1.20. The fraction of sp³-hybridized carbons (Fsp3) is 0.400. The van der Waals surface area contributed by atoms with Crippen LogP contribution in [0.4, 0.5) is 0 Å². The third-order valence-electron chi connectivity index (χ3n) is 2.06. The van der Waals surface area contributed by atoms with E-state index in [1.54, 1.807) is 0 Å². The Kier molecular flexibility index (Phi) is 2.49. The highest BCUT2D eigenvalue weighted by Crippen LogP contribution is 2.24. The Morgan fingerprint density at radius 2 is 2.30 bits per heavy atom. The molecule has 0 spiro atoms. The molecule has 54 valence electrons. The molecule has 10 heavy (non-hydrogen) atoms. The molecule has 0 N–H and O–H groups in total. The van der Waals surface area contributed by atoms with E-state index in [0.717, 1.165) is 6.42 Å². The van der Waals surface area contributed by atoms with E-state index in [-0.39, 0.29) is 0 Å².